The zero-order valence-corrected chi connectivity index (χ0v) is 18.4. The van der Waals surface area contributed by atoms with Crippen LogP contribution in [0.4, 0.5) is 18.9 Å². The van der Waals surface area contributed by atoms with E-state index in [2.05, 4.69) is 15.9 Å². The van der Waals surface area contributed by atoms with Crippen molar-refractivity contribution in [3.05, 3.63) is 54.1 Å². The largest absolute Gasteiger partial charge is 0.494 e. The average Bonchev–Trinajstić information content (AvgIpc) is 2.70. The highest BCUT2D eigenvalue weighted by Crippen LogP contribution is 2.31. The summed E-state index contributed by atoms with van der Waals surface area (Å²) in [5, 5.41) is 0.998. The minimum Gasteiger partial charge on any atom is -0.494 e. The normalized spacial score (nSPS) is 12.0. The van der Waals surface area contributed by atoms with Crippen LogP contribution in [0.5, 0.6) is 5.75 Å². The van der Waals surface area contributed by atoms with E-state index in [0.717, 1.165) is 59.6 Å². The van der Waals surface area contributed by atoms with E-state index in [4.69, 9.17) is 4.74 Å². The Hall–Kier alpha value is -1.74. The first-order valence-corrected chi connectivity index (χ1v) is 11.7. The molecule has 0 unspecified atom stereocenters. The molecule has 29 heavy (non-hydrogen) atoms. The summed E-state index contributed by atoms with van der Waals surface area (Å²) in [4.78, 5) is -0.211. The summed E-state index contributed by atoms with van der Waals surface area (Å²) in [5.74, 6) is 0.634. The summed E-state index contributed by atoms with van der Waals surface area (Å²) in [6, 6.07) is 9.98. The van der Waals surface area contributed by atoms with Gasteiger partial charge in [-0.2, -0.15) is 13.2 Å². The lowest BCUT2D eigenvalue weighted by molar-refractivity contribution is -0.137. The number of benzene rings is 2. The van der Waals surface area contributed by atoms with Crippen molar-refractivity contribution in [3.8, 4) is 5.75 Å². The number of hydrogen-bond donors (Lipinski definition) is 0. The second-order valence-electron chi connectivity index (χ2n) is 6.44. The Balaban J connectivity index is 2.00. The number of sulfonamides is 1. The van der Waals surface area contributed by atoms with Gasteiger partial charge in [0.1, 0.15) is 5.75 Å². The lowest BCUT2D eigenvalue weighted by Crippen LogP contribution is -2.26. The SMILES string of the molecule is CN(c1ccc(OCCCCCCBr)cc1)S(=O)(=O)c1ccc(C(F)(F)F)cc1. The van der Waals surface area contributed by atoms with Crippen molar-refractivity contribution in [3.63, 3.8) is 0 Å². The Morgan fingerprint density at radius 2 is 1.52 bits per heavy atom. The van der Waals surface area contributed by atoms with Crippen LogP contribution >= 0.6 is 15.9 Å². The maximum atomic E-state index is 12.7. The van der Waals surface area contributed by atoms with Gasteiger partial charge >= 0.3 is 6.18 Å². The maximum Gasteiger partial charge on any atom is 0.416 e. The molecule has 0 amide bonds. The summed E-state index contributed by atoms with van der Waals surface area (Å²) >= 11 is 3.39. The molecule has 0 saturated heterocycles. The van der Waals surface area contributed by atoms with Crippen molar-refractivity contribution in [1.29, 1.82) is 0 Å². The van der Waals surface area contributed by atoms with E-state index in [0.29, 0.717) is 18.0 Å². The molecule has 0 aliphatic carbocycles. The lowest BCUT2D eigenvalue weighted by atomic mass is 10.2. The molecule has 4 nitrogen and oxygen atoms in total. The summed E-state index contributed by atoms with van der Waals surface area (Å²) < 4.78 is 70.1. The van der Waals surface area contributed by atoms with E-state index >= 15 is 0 Å². The molecule has 160 valence electrons. The minimum atomic E-state index is -4.52. The first kappa shape index (κ1) is 23.5. The van der Waals surface area contributed by atoms with Crippen molar-refractivity contribution in [2.75, 3.05) is 23.3 Å². The van der Waals surface area contributed by atoms with E-state index in [-0.39, 0.29) is 4.90 Å². The predicted molar refractivity (Wildman–Crippen MR) is 111 cm³/mol. The summed E-state index contributed by atoms with van der Waals surface area (Å²) in [6.45, 7) is 0.585. The number of anilines is 1. The van der Waals surface area contributed by atoms with Gasteiger partial charge in [-0.05, 0) is 61.4 Å². The molecule has 9 heteroatoms. The fourth-order valence-corrected chi connectivity index (χ4v) is 4.20. The number of nitrogens with zero attached hydrogens (tertiary/aromatic N) is 1. The molecule has 2 aromatic rings. The van der Waals surface area contributed by atoms with E-state index < -0.39 is 21.8 Å². The molecular weight excluding hydrogens is 471 g/mol. The van der Waals surface area contributed by atoms with Gasteiger partial charge < -0.3 is 4.74 Å². The van der Waals surface area contributed by atoms with Gasteiger partial charge in [-0.25, -0.2) is 8.42 Å². The Morgan fingerprint density at radius 1 is 0.931 bits per heavy atom. The van der Waals surface area contributed by atoms with Crippen LogP contribution in [-0.4, -0.2) is 27.4 Å². The highest BCUT2D eigenvalue weighted by atomic mass is 79.9. The Labute approximate surface area is 177 Å². The second-order valence-corrected chi connectivity index (χ2v) is 9.20. The molecule has 2 rings (SSSR count). The first-order chi connectivity index (χ1) is 13.7. The lowest BCUT2D eigenvalue weighted by Gasteiger charge is -2.20. The fourth-order valence-electron chi connectivity index (χ4n) is 2.61. The molecule has 0 fully saturated rings. The van der Waals surface area contributed by atoms with Crippen LogP contribution in [0.3, 0.4) is 0 Å². The van der Waals surface area contributed by atoms with Gasteiger partial charge in [0.2, 0.25) is 0 Å². The topological polar surface area (TPSA) is 46.6 Å². The van der Waals surface area contributed by atoms with Crippen molar-refractivity contribution < 1.29 is 26.3 Å². The molecule has 0 N–H and O–H groups in total. The summed E-state index contributed by atoms with van der Waals surface area (Å²) in [7, 11) is -2.62. The molecule has 0 bridgehead atoms. The Bertz CT molecular complexity index is 869. The number of unbranched alkanes of at least 4 members (excludes halogenated alkanes) is 3. The van der Waals surface area contributed by atoms with Crippen LogP contribution in [-0.2, 0) is 16.2 Å². The summed E-state index contributed by atoms with van der Waals surface area (Å²) in [6.07, 6.45) is -0.221. The van der Waals surface area contributed by atoms with Gasteiger partial charge in [-0.1, -0.05) is 28.8 Å². The van der Waals surface area contributed by atoms with E-state index in [1.165, 1.54) is 7.05 Å². The highest BCUT2D eigenvalue weighted by molar-refractivity contribution is 9.09. The fraction of sp³-hybridized carbons (Fsp3) is 0.400. The molecular formula is C20H23BrF3NO3S. The smallest absolute Gasteiger partial charge is 0.416 e. The average molecular weight is 494 g/mol. The molecule has 0 radical (unpaired) electrons. The quantitative estimate of drug-likeness (QED) is 0.307. The van der Waals surface area contributed by atoms with Gasteiger partial charge in [0.15, 0.2) is 0 Å². The van der Waals surface area contributed by atoms with E-state index in [1.54, 1.807) is 24.3 Å². The first-order valence-electron chi connectivity index (χ1n) is 9.11. The van der Waals surface area contributed by atoms with Gasteiger partial charge in [0.05, 0.1) is 22.8 Å². The Morgan fingerprint density at radius 3 is 2.07 bits per heavy atom. The number of alkyl halides is 4. The molecule has 0 spiro atoms. The molecule has 0 saturated carbocycles. The van der Waals surface area contributed by atoms with Crippen molar-refractivity contribution in [2.45, 2.75) is 36.8 Å². The third kappa shape index (κ3) is 6.64. The van der Waals surface area contributed by atoms with Crippen molar-refractivity contribution in [2.24, 2.45) is 0 Å². The Kier molecular flexibility index (Phi) is 8.39. The number of rotatable bonds is 10. The van der Waals surface area contributed by atoms with Crippen LogP contribution in [0.2, 0.25) is 0 Å². The van der Waals surface area contributed by atoms with Gasteiger partial charge in [-0.3, -0.25) is 4.31 Å². The monoisotopic (exact) mass is 493 g/mol. The van der Waals surface area contributed by atoms with Crippen LogP contribution in [0.25, 0.3) is 0 Å². The molecule has 0 aliphatic rings. The highest BCUT2D eigenvalue weighted by Gasteiger charge is 2.31. The van der Waals surface area contributed by atoms with Crippen LogP contribution < -0.4 is 9.04 Å². The minimum absolute atomic E-state index is 0.211. The summed E-state index contributed by atoms with van der Waals surface area (Å²) in [5.41, 5.74) is -0.512. The van der Waals surface area contributed by atoms with Crippen molar-refractivity contribution in [1.82, 2.24) is 0 Å². The van der Waals surface area contributed by atoms with Gasteiger partial charge in [0, 0.05) is 12.4 Å². The standard InChI is InChI=1S/C20H23BrF3NO3S/c1-25(29(26,27)19-12-6-16(7-13-19)20(22,23)24)17-8-10-18(11-9-17)28-15-5-3-2-4-14-21/h6-13H,2-5,14-15H2,1H3. The van der Waals surface area contributed by atoms with Crippen LogP contribution in [0.15, 0.2) is 53.4 Å². The molecule has 2 aromatic carbocycles. The molecule has 0 aromatic heterocycles. The number of halogens is 4. The van der Waals surface area contributed by atoms with E-state index in [9.17, 15) is 21.6 Å². The third-order valence-corrected chi connectivity index (χ3v) is 6.70. The molecule has 0 heterocycles. The number of hydrogen-bond acceptors (Lipinski definition) is 3. The van der Waals surface area contributed by atoms with Crippen LogP contribution in [0, 0.1) is 0 Å². The molecule has 0 atom stereocenters. The predicted octanol–water partition coefficient (Wildman–Crippen LogP) is 5.86. The van der Waals surface area contributed by atoms with Crippen molar-refractivity contribution >= 4 is 31.6 Å². The zero-order valence-electron chi connectivity index (χ0n) is 16.0. The molecule has 0 aliphatic heterocycles. The van der Waals surface area contributed by atoms with Gasteiger partial charge in [-0.15, -0.1) is 0 Å². The van der Waals surface area contributed by atoms with Crippen LogP contribution in [0.1, 0.15) is 31.2 Å². The number of ether oxygens (including phenoxy) is 1. The van der Waals surface area contributed by atoms with Gasteiger partial charge in [0.25, 0.3) is 10.0 Å². The zero-order chi connectivity index (χ0) is 21.5. The maximum absolute atomic E-state index is 12.7. The van der Waals surface area contributed by atoms with E-state index in [1.807, 2.05) is 0 Å². The second kappa shape index (κ2) is 10.3. The third-order valence-electron chi connectivity index (χ3n) is 4.34.